The number of halogens is 2. The van der Waals surface area contributed by atoms with Gasteiger partial charge in [-0.15, -0.1) is 0 Å². The summed E-state index contributed by atoms with van der Waals surface area (Å²) in [4.78, 5) is 0. The summed E-state index contributed by atoms with van der Waals surface area (Å²) in [6.07, 6.45) is 0.709. The first-order valence-electron chi connectivity index (χ1n) is 4.11. The van der Waals surface area contributed by atoms with E-state index in [9.17, 15) is 8.78 Å². The summed E-state index contributed by atoms with van der Waals surface area (Å²) in [5, 5.41) is 11.4. The second-order valence-corrected chi connectivity index (χ2v) is 3.37. The highest BCUT2D eigenvalue weighted by atomic mass is 19.3. The van der Waals surface area contributed by atoms with Crippen molar-refractivity contribution in [2.45, 2.75) is 38.5 Å². The topological polar surface area (TPSA) is 32.6 Å². The Morgan fingerprint density at radius 3 is 2.33 bits per heavy atom. The van der Waals surface area contributed by atoms with Gasteiger partial charge in [0.05, 0.1) is 5.71 Å². The molecule has 4 heteroatoms. The predicted molar refractivity (Wildman–Crippen MR) is 41.8 cm³/mol. The number of rotatable bonds is 1. The van der Waals surface area contributed by atoms with E-state index in [4.69, 9.17) is 5.21 Å². The summed E-state index contributed by atoms with van der Waals surface area (Å²) >= 11 is 0. The molecule has 0 radical (unpaired) electrons. The Morgan fingerprint density at radius 1 is 1.42 bits per heavy atom. The monoisotopic (exact) mass is 177 g/mol. The summed E-state index contributed by atoms with van der Waals surface area (Å²) in [7, 11) is 0. The fourth-order valence-electron chi connectivity index (χ4n) is 1.54. The predicted octanol–water partition coefficient (Wildman–Crippen LogP) is 2.66. The van der Waals surface area contributed by atoms with Gasteiger partial charge in [-0.3, -0.25) is 0 Å². The Kier molecular flexibility index (Phi) is 2.65. The molecular formula is C8H13F2NO. The first kappa shape index (κ1) is 9.42. The van der Waals surface area contributed by atoms with Gasteiger partial charge >= 0.3 is 0 Å². The molecule has 0 aliphatic heterocycles. The van der Waals surface area contributed by atoms with E-state index in [1.54, 1.807) is 6.92 Å². The van der Waals surface area contributed by atoms with Gasteiger partial charge in [0, 0.05) is 18.8 Å². The van der Waals surface area contributed by atoms with Crippen LogP contribution in [0.25, 0.3) is 0 Å². The van der Waals surface area contributed by atoms with Crippen molar-refractivity contribution in [2.75, 3.05) is 0 Å². The van der Waals surface area contributed by atoms with Crippen molar-refractivity contribution in [2.24, 2.45) is 11.1 Å². The number of hydrogen-bond donors (Lipinski definition) is 1. The maximum Gasteiger partial charge on any atom is 0.248 e. The lowest BCUT2D eigenvalue weighted by Gasteiger charge is -2.27. The third-order valence-corrected chi connectivity index (χ3v) is 2.47. The van der Waals surface area contributed by atoms with Gasteiger partial charge in [-0.25, -0.2) is 8.78 Å². The normalized spacial score (nSPS) is 25.8. The number of alkyl halides is 2. The molecule has 0 saturated heterocycles. The Hall–Kier alpha value is -0.670. The summed E-state index contributed by atoms with van der Waals surface area (Å²) in [5.74, 6) is -2.44. The van der Waals surface area contributed by atoms with Crippen LogP contribution in [0.15, 0.2) is 5.16 Å². The average Bonchev–Trinajstić information content (AvgIpc) is 2.03. The van der Waals surface area contributed by atoms with Gasteiger partial charge in [-0.05, 0) is 19.8 Å². The van der Waals surface area contributed by atoms with Gasteiger partial charge in [0.15, 0.2) is 0 Å². The molecule has 2 nitrogen and oxygen atoms in total. The first-order chi connectivity index (χ1) is 5.55. The van der Waals surface area contributed by atoms with E-state index in [-0.39, 0.29) is 18.8 Å². The third kappa shape index (κ3) is 2.16. The maximum atomic E-state index is 12.6. The standard InChI is InChI=1S/C8H13F2NO/c1-6(11-12)7-2-4-8(9,10)5-3-7/h7,12H,2-5H2,1H3/b11-6-. The van der Waals surface area contributed by atoms with Crippen molar-refractivity contribution in [1.29, 1.82) is 0 Å². The minimum absolute atomic E-state index is 0.0506. The second-order valence-electron chi connectivity index (χ2n) is 3.37. The van der Waals surface area contributed by atoms with E-state index in [0.29, 0.717) is 18.6 Å². The van der Waals surface area contributed by atoms with Crippen molar-refractivity contribution >= 4 is 5.71 Å². The molecule has 70 valence electrons. The molecule has 0 aromatic heterocycles. The fraction of sp³-hybridized carbons (Fsp3) is 0.875. The SMILES string of the molecule is C/C(=N/O)C1CCC(F)(F)CC1. The third-order valence-electron chi connectivity index (χ3n) is 2.47. The fourth-order valence-corrected chi connectivity index (χ4v) is 1.54. The quantitative estimate of drug-likeness (QED) is 0.373. The first-order valence-corrected chi connectivity index (χ1v) is 4.11. The Morgan fingerprint density at radius 2 is 1.92 bits per heavy atom. The molecular weight excluding hydrogens is 164 g/mol. The lowest BCUT2D eigenvalue weighted by atomic mass is 9.84. The highest BCUT2D eigenvalue weighted by Crippen LogP contribution is 2.36. The van der Waals surface area contributed by atoms with Crippen LogP contribution < -0.4 is 0 Å². The summed E-state index contributed by atoms with van der Waals surface area (Å²) in [5.41, 5.74) is 0.575. The van der Waals surface area contributed by atoms with Gasteiger partial charge in [0.1, 0.15) is 0 Å². The van der Waals surface area contributed by atoms with Gasteiger partial charge < -0.3 is 5.21 Å². The highest BCUT2D eigenvalue weighted by molar-refractivity contribution is 5.83. The van der Waals surface area contributed by atoms with E-state index in [0.717, 1.165) is 0 Å². The van der Waals surface area contributed by atoms with Gasteiger partial charge in [0.25, 0.3) is 0 Å². The van der Waals surface area contributed by atoms with Crippen LogP contribution in [0.1, 0.15) is 32.6 Å². The van der Waals surface area contributed by atoms with E-state index in [1.165, 1.54) is 0 Å². The van der Waals surface area contributed by atoms with Crippen LogP contribution >= 0.6 is 0 Å². The second kappa shape index (κ2) is 3.37. The zero-order valence-electron chi connectivity index (χ0n) is 7.06. The van der Waals surface area contributed by atoms with Crippen LogP contribution in [0.3, 0.4) is 0 Å². The molecule has 0 bridgehead atoms. The Bertz CT molecular complexity index is 181. The lowest BCUT2D eigenvalue weighted by Crippen LogP contribution is -2.27. The van der Waals surface area contributed by atoms with Gasteiger partial charge in [-0.1, -0.05) is 5.16 Å². The van der Waals surface area contributed by atoms with Crippen LogP contribution in [0.4, 0.5) is 8.78 Å². The van der Waals surface area contributed by atoms with E-state index < -0.39 is 5.92 Å². The van der Waals surface area contributed by atoms with Crippen LogP contribution in [0.5, 0.6) is 0 Å². The van der Waals surface area contributed by atoms with Gasteiger partial charge in [0.2, 0.25) is 5.92 Å². The largest absolute Gasteiger partial charge is 0.411 e. The summed E-state index contributed by atoms with van der Waals surface area (Å²) in [6, 6.07) is 0. The molecule has 1 fully saturated rings. The molecule has 1 N–H and O–H groups in total. The smallest absolute Gasteiger partial charge is 0.248 e. The molecule has 0 heterocycles. The molecule has 0 unspecified atom stereocenters. The minimum Gasteiger partial charge on any atom is -0.411 e. The molecule has 12 heavy (non-hydrogen) atoms. The van der Waals surface area contributed by atoms with Crippen molar-refractivity contribution in [1.82, 2.24) is 0 Å². The molecule has 1 aliphatic carbocycles. The molecule has 0 aromatic rings. The van der Waals surface area contributed by atoms with Crippen LogP contribution in [0, 0.1) is 5.92 Å². The zero-order valence-corrected chi connectivity index (χ0v) is 7.06. The average molecular weight is 177 g/mol. The summed E-state index contributed by atoms with van der Waals surface area (Å²) < 4.78 is 25.3. The molecule has 0 atom stereocenters. The van der Waals surface area contributed by atoms with E-state index in [2.05, 4.69) is 5.16 Å². The van der Waals surface area contributed by atoms with Crippen molar-refractivity contribution in [3.05, 3.63) is 0 Å². The lowest BCUT2D eigenvalue weighted by molar-refractivity contribution is -0.0396. The van der Waals surface area contributed by atoms with E-state index >= 15 is 0 Å². The van der Waals surface area contributed by atoms with Crippen LogP contribution in [0.2, 0.25) is 0 Å². The van der Waals surface area contributed by atoms with Crippen molar-refractivity contribution in [3.63, 3.8) is 0 Å². The molecule has 0 aromatic carbocycles. The number of oxime groups is 1. The molecule has 0 spiro atoms. The van der Waals surface area contributed by atoms with Crippen LogP contribution in [-0.2, 0) is 0 Å². The van der Waals surface area contributed by atoms with Crippen molar-refractivity contribution < 1.29 is 14.0 Å². The Labute approximate surface area is 70.3 Å². The Balaban J connectivity index is 2.47. The molecule has 1 aliphatic rings. The van der Waals surface area contributed by atoms with E-state index in [1.807, 2.05) is 0 Å². The van der Waals surface area contributed by atoms with Crippen molar-refractivity contribution in [3.8, 4) is 0 Å². The number of hydrogen-bond acceptors (Lipinski definition) is 2. The molecule has 1 rings (SSSR count). The van der Waals surface area contributed by atoms with Crippen LogP contribution in [-0.4, -0.2) is 16.8 Å². The minimum atomic E-state index is -2.49. The highest BCUT2D eigenvalue weighted by Gasteiger charge is 2.35. The van der Waals surface area contributed by atoms with Gasteiger partial charge in [-0.2, -0.15) is 0 Å². The maximum absolute atomic E-state index is 12.6. The molecule has 0 amide bonds. The summed E-state index contributed by atoms with van der Waals surface area (Å²) in [6.45, 7) is 1.67. The molecule has 1 saturated carbocycles. The number of nitrogens with zero attached hydrogens (tertiary/aromatic N) is 1. The zero-order chi connectivity index (χ0) is 9.19.